The minimum Gasteiger partial charge on any atom is -0.355 e. The minimum absolute atomic E-state index is 1.11. The number of para-hydroxylation sites is 1. The molecule has 0 fully saturated rings. The summed E-state index contributed by atoms with van der Waals surface area (Å²) in [6, 6.07) is 30.1. The van der Waals surface area contributed by atoms with Crippen LogP contribution in [0.3, 0.4) is 0 Å². The van der Waals surface area contributed by atoms with E-state index in [1.54, 1.807) is 0 Å². The van der Waals surface area contributed by atoms with E-state index in [1.807, 2.05) is 17.4 Å². The van der Waals surface area contributed by atoms with E-state index >= 15 is 0 Å². The Hall–Kier alpha value is -2.84. The SMILES string of the molecule is c1ccc(Nc2cccc3cc4sc5ccccc5c4cc23)cc1. The van der Waals surface area contributed by atoms with E-state index in [-0.39, 0.29) is 0 Å². The maximum atomic E-state index is 3.56. The standard InChI is InChI=1S/C22H15NS/c1-2-8-16(9-3-1)23-20-11-6-7-15-13-22-19(14-18(15)20)17-10-4-5-12-21(17)24-22/h1-14,23H. The first-order valence-corrected chi connectivity index (χ1v) is 8.86. The molecule has 4 aromatic carbocycles. The molecule has 0 aliphatic heterocycles. The fourth-order valence-electron chi connectivity index (χ4n) is 3.28. The molecule has 1 heterocycles. The normalized spacial score (nSPS) is 11.3. The smallest absolute Gasteiger partial charge is 0.0464 e. The van der Waals surface area contributed by atoms with Crippen LogP contribution in [0, 0.1) is 0 Å². The molecule has 0 bridgehead atoms. The van der Waals surface area contributed by atoms with Gasteiger partial charge in [0.1, 0.15) is 0 Å². The number of fused-ring (bicyclic) bond motifs is 4. The van der Waals surface area contributed by atoms with Crippen molar-refractivity contribution in [2.24, 2.45) is 0 Å². The fraction of sp³-hybridized carbons (Fsp3) is 0. The zero-order valence-electron chi connectivity index (χ0n) is 13.0. The monoisotopic (exact) mass is 325 g/mol. The van der Waals surface area contributed by atoms with Gasteiger partial charge in [0, 0.05) is 36.9 Å². The third-order valence-corrected chi connectivity index (χ3v) is 5.56. The van der Waals surface area contributed by atoms with Gasteiger partial charge in [0.05, 0.1) is 0 Å². The van der Waals surface area contributed by atoms with Crippen LogP contribution in [0.2, 0.25) is 0 Å². The molecule has 0 atom stereocenters. The van der Waals surface area contributed by atoms with Gasteiger partial charge in [0.2, 0.25) is 0 Å². The highest BCUT2D eigenvalue weighted by molar-refractivity contribution is 7.25. The van der Waals surface area contributed by atoms with Crippen molar-refractivity contribution in [1.29, 1.82) is 0 Å². The molecule has 0 aliphatic carbocycles. The van der Waals surface area contributed by atoms with Crippen LogP contribution in [0.25, 0.3) is 30.9 Å². The molecule has 0 aliphatic rings. The Balaban J connectivity index is 1.77. The van der Waals surface area contributed by atoms with Crippen molar-refractivity contribution < 1.29 is 0 Å². The Labute approximate surface area is 144 Å². The molecule has 0 saturated carbocycles. The van der Waals surface area contributed by atoms with Gasteiger partial charge in [-0.2, -0.15) is 0 Å². The molecule has 5 rings (SSSR count). The topological polar surface area (TPSA) is 12.0 Å². The van der Waals surface area contributed by atoms with Crippen molar-refractivity contribution in [3.8, 4) is 0 Å². The van der Waals surface area contributed by atoms with Crippen molar-refractivity contribution >= 4 is 53.7 Å². The lowest BCUT2D eigenvalue weighted by Gasteiger charge is -2.10. The first kappa shape index (κ1) is 13.6. The Kier molecular flexibility index (Phi) is 3.03. The van der Waals surface area contributed by atoms with Gasteiger partial charge >= 0.3 is 0 Å². The molecular formula is C22H15NS. The van der Waals surface area contributed by atoms with Gasteiger partial charge in [-0.1, -0.05) is 48.5 Å². The summed E-state index contributed by atoms with van der Waals surface area (Å²) < 4.78 is 2.70. The first-order valence-electron chi connectivity index (χ1n) is 8.04. The molecule has 0 unspecified atom stereocenters. The van der Waals surface area contributed by atoms with E-state index in [9.17, 15) is 0 Å². The van der Waals surface area contributed by atoms with Crippen molar-refractivity contribution in [2.45, 2.75) is 0 Å². The number of rotatable bonds is 2. The van der Waals surface area contributed by atoms with Gasteiger partial charge in [0.15, 0.2) is 0 Å². The lowest BCUT2D eigenvalue weighted by molar-refractivity contribution is 1.58. The maximum Gasteiger partial charge on any atom is 0.0464 e. The van der Waals surface area contributed by atoms with E-state index in [1.165, 1.54) is 30.9 Å². The van der Waals surface area contributed by atoms with E-state index in [2.05, 4.69) is 84.2 Å². The second-order valence-corrected chi connectivity index (χ2v) is 7.05. The molecule has 24 heavy (non-hydrogen) atoms. The highest BCUT2D eigenvalue weighted by Crippen LogP contribution is 2.38. The summed E-state index contributed by atoms with van der Waals surface area (Å²) in [5.74, 6) is 0. The lowest BCUT2D eigenvalue weighted by Crippen LogP contribution is -1.90. The Morgan fingerprint density at radius 1 is 0.583 bits per heavy atom. The van der Waals surface area contributed by atoms with Crippen LogP contribution >= 0.6 is 11.3 Å². The Morgan fingerprint density at radius 2 is 1.42 bits per heavy atom. The second-order valence-electron chi connectivity index (χ2n) is 5.96. The van der Waals surface area contributed by atoms with Crippen LogP contribution in [0.4, 0.5) is 11.4 Å². The van der Waals surface area contributed by atoms with E-state index < -0.39 is 0 Å². The first-order chi connectivity index (χ1) is 11.9. The summed E-state index contributed by atoms with van der Waals surface area (Å²) in [5, 5.41) is 8.77. The maximum absolute atomic E-state index is 3.56. The molecule has 0 amide bonds. The van der Waals surface area contributed by atoms with E-state index in [4.69, 9.17) is 0 Å². The summed E-state index contributed by atoms with van der Waals surface area (Å²) in [5.41, 5.74) is 2.26. The molecule has 0 spiro atoms. The van der Waals surface area contributed by atoms with Crippen LogP contribution in [0.5, 0.6) is 0 Å². The highest BCUT2D eigenvalue weighted by atomic mass is 32.1. The van der Waals surface area contributed by atoms with Gasteiger partial charge in [-0.3, -0.25) is 0 Å². The fourth-order valence-corrected chi connectivity index (χ4v) is 4.42. The molecule has 1 aromatic heterocycles. The predicted molar refractivity (Wildman–Crippen MR) is 107 cm³/mol. The molecule has 0 radical (unpaired) electrons. The third-order valence-electron chi connectivity index (χ3n) is 4.43. The van der Waals surface area contributed by atoms with Crippen LogP contribution in [-0.2, 0) is 0 Å². The summed E-state index contributed by atoms with van der Waals surface area (Å²) >= 11 is 1.87. The zero-order chi connectivity index (χ0) is 15.9. The number of hydrogen-bond donors (Lipinski definition) is 1. The van der Waals surface area contributed by atoms with Crippen molar-refractivity contribution in [2.75, 3.05) is 5.32 Å². The number of benzene rings is 4. The summed E-state index contributed by atoms with van der Waals surface area (Å²) in [7, 11) is 0. The van der Waals surface area contributed by atoms with Crippen LogP contribution in [-0.4, -0.2) is 0 Å². The molecule has 5 aromatic rings. The molecule has 2 heteroatoms. The van der Waals surface area contributed by atoms with Crippen molar-refractivity contribution in [3.05, 3.63) is 84.9 Å². The van der Waals surface area contributed by atoms with Gasteiger partial charge in [-0.25, -0.2) is 0 Å². The Bertz CT molecular complexity index is 1170. The molecular weight excluding hydrogens is 310 g/mol. The van der Waals surface area contributed by atoms with E-state index in [0.717, 1.165) is 11.4 Å². The van der Waals surface area contributed by atoms with E-state index in [0.29, 0.717) is 0 Å². The lowest BCUT2D eigenvalue weighted by atomic mass is 10.0. The van der Waals surface area contributed by atoms with Gasteiger partial charge < -0.3 is 5.32 Å². The summed E-state index contributed by atoms with van der Waals surface area (Å²) in [6.07, 6.45) is 0. The average molecular weight is 325 g/mol. The van der Waals surface area contributed by atoms with Crippen molar-refractivity contribution in [1.82, 2.24) is 0 Å². The molecule has 0 saturated heterocycles. The second kappa shape index (κ2) is 5.36. The quantitative estimate of drug-likeness (QED) is 0.370. The minimum atomic E-state index is 1.11. The third kappa shape index (κ3) is 2.15. The van der Waals surface area contributed by atoms with Crippen LogP contribution in [0.15, 0.2) is 84.9 Å². The zero-order valence-corrected chi connectivity index (χ0v) is 13.8. The van der Waals surface area contributed by atoms with Gasteiger partial charge in [-0.05, 0) is 41.8 Å². The largest absolute Gasteiger partial charge is 0.355 e. The van der Waals surface area contributed by atoms with Crippen LogP contribution < -0.4 is 5.32 Å². The highest BCUT2D eigenvalue weighted by Gasteiger charge is 2.08. The summed E-state index contributed by atoms with van der Waals surface area (Å²) in [4.78, 5) is 0. The molecule has 114 valence electrons. The number of anilines is 2. The van der Waals surface area contributed by atoms with Crippen molar-refractivity contribution in [3.63, 3.8) is 0 Å². The predicted octanol–water partition coefficient (Wildman–Crippen LogP) is 6.95. The number of thiophene rings is 1. The van der Waals surface area contributed by atoms with Gasteiger partial charge in [0.25, 0.3) is 0 Å². The van der Waals surface area contributed by atoms with Gasteiger partial charge in [-0.15, -0.1) is 11.3 Å². The van der Waals surface area contributed by atoms with Crippen LogP contribution in [0.1, 0.15) is 0 Å². The Morgan fingerprint density at radius 3 is 2.33 bits per heavy atom. The number of hydrogen-bond acceptors (Lipinski definition) is 2. The average Bonchev–Trinajstić information content (AvgIpc) is 2.99. The molecule has 1 N–H and O–H groups in total. The molecule has 1 nitrogen and oxygen atoms in total. The number of nitrogens with one attached hydrogen (secondary N) is 1. The summed E-state index contributed by atoms with van der Waals surface area (Å²) in [6.45, 7) is 0.